The summed E-state index contributed by atoms with van der Waals surface area (Å²) in [6, 6.07) is 0. The molecule has 1 atom stereocenters. The summed E-state index contributed by atoms with van der Waals surface area (Å²) in [4.78, 5) is 37.8. The van der Waals surface area contributed by atoms with Crippen molar-refractivity contribution in [3.8, 4) is 0 Å². The number of rotatable bonds is 45. The van der Waals surface area contributed by atoms with Gasteiger partial charge in [0.15, 0.2) is 6.10 Å². The molecule has 0 fully saturated rings. The third kappa shape index (κ3) is 44.7. The van der Waals surface area contributed by atoms with Gasteiger partial charge in [-0.2, -0.15) is 0 Å². The van der Waals surface area contributed by atoms with Crippen LogP contribution >= 0.6 is 0 Å². The number of esters is 3. The van der Waals surface area contributed by atoms with Crippen molar-refractivity contribution in [2.24, 2.45) is 0 Å². The Bertz CT molecular complexity index is 984. The molecule has 1 unspecified atom stereocenters. The lowest BCUT2D eigenvalue weighted by atomic mass is 10.1. The van der Waals surface area contributed by atoms with E-state index in [1.165, 1.54) is 154 Å². The van der Waals surface area contributed by atoms with Gasteiger partial charge in [-0.1, -0.05) is 205 Å². The molecule has 0 saturated heterocycles. The lowest BCUT2D eigenvalue weighted by Crippen LogP contribution is -2.30. The molecule has 0 saturated carbocycles. The first-order valence-corrected chi connectivity index (χ1v) is 25.0. The van der Waals surface area contributed by atoms with E-state index in [4.69, 9.17) is 14.2 Å². The van der Waals surface area contributed by atoms with Gasteiger partial charge in [-0.3, -0.25) is 14.4 Å². The third-order valence-corrected chi connectivity index (χ3v) is 10.9. The SMILES string of the molecule is CCCCC/C=C\C=C/CCCCCCCCC(=O)OCC(COC(=O)CCCCCCCCCCCC)OC(=O)CCCCCCCCC/C=C\CCCCCC. The van der Waals surface area contributed by atoms with Crippen molar-refractivity contribution in [3.63, 3.8) is 0 Å². The van der Waals surface area contributed by atoms with Gasteiger partial charge in [-0.25, -0.2) is 0 Å². The van der Waals surface area contributed by atoms with Crippen LogP contribution in [0, 0.1) is 0 Å². The molecule has 6 nitrogen and oxygen atoms in total. The predicted molar refractivity (Wildman–Crippen MR) is 247 cm³/mol. The van der Waals surface area contributed by atoms with E-state index < -0.39 is 6.10 Å². The minimum absolute atomic E-state index is 0.0753. The van der Waals surface area contributed by atoms with Gasteiger partial charge in [0, 0.05) is 19.3 Å². The number of carbonyl (C=O) groups is 3. The second-order valence-electron chi connectivity index (χ2n) is 16.8. The highest BCUT2D eigenvalue weighted by Gasteiger charge is 2.19. The van der Waals surface area contributed by atoms with Crippen molar-refractivity contribution in [2.45, 2.75) is 264 Å². The number of ether oxygens (including phenoxy) is 3. The second-order valence-corrected chi connectivity index (χ2v) is 16.8. The molecular formula is C52H94O6. The quantitative estimate of drug-likeness (QED) is 0.0200. The van der Waals surface area contributed by atoms with E-state index in [0.717, 1.165) is 64.2 Å². The molecule has 58 heavy (non-hydrogen) atoms. The highest BCUT2D eigenvalue weighted by molar-refractivity contribution is 5.71. The zero-order valence-corrected chi connectivity index (χ0v) is 38.6. The molecule has 0 aliphatic carbocycles. The van der Waals surface area contributed by atoms with Gasteiger partial charge in [-0.15, -0.1) is 0 Å². The summed E-state index contributed by atoms with van der Waals surface area (Å²) in [6.45, 7) is 6.58. The van der Waals surface area contributed by atoms with Crippen LogP contribution in [0.1, 0.15) is 258 Å². The summed E-state index contributed by atoms with van der Waals surface area (Å²) >= 11 is 0. The molecule has 0 rings (SSSR count). The molecule has 0 aromatic rings. The maximum Gasteiger partial charge on any atom is 0.306 e. The monoisotopic (exact) mass is 815 g/mol. The van der Waals surface area contributed by atoms with Gasteiger partial charge in [0.05, 0.1) is 0 Å². The first-order valence-electron chi connectivity index (χ1n) is 25.0. The lowest BCUT2D eigenvalue weighted by molar-refractivity contribution is -0.167. The zero-order chi connectivity index (χ0) is 42.3. The molecule has 0 spiro atoms. The van der Waals surface area contributed by atoms with Gasteiger partial charge in [0.2, 0.25) is 0 Å². The summed E-state index contributed by atoms with van der Waals surface area (Å²) in [7, 11) is 0. The minimum atomic E-state index is -0.774. The normalized spacial score (nSPS) is 12.3. The molecule has 0 N–H and O–H groups in total. The van der Waals surface area contributed by atoms with Crippen molar-refractivity contribution >= 4 is 17.9 Å². The smallest absolute Gasteiger partial charge is 0.306 e. The number of allylic oxidation sites excluding steroid dienone is 6. The van der Waals surface area contributed by atoms with Crippen LogP contribution in [-0.2, 0) is 28.6 Å². The van der Waals surface area contributed by atoms with Gasteiger partial charge in [0.25, 0.3) is 0 Å². The standard InChI is InChI=1S/C52H94O6/c1-4-7-10-13-16-19-22-24-26-28-30-33-36-39-42-45-51(54)57-48-49(47-56-50(53)44-41-38-35-32-21-18-15-12-9-6-3)58-52(55)46-43-40-37-34-31-29-27-25-23-20-17-14-11-8-5-2/h16,19-20,22-24,49H,4-15,17-18,21,25-48H2,1-3H3/b19-16-,23-20-,24-22-. The molecule has 0 amide bonds. The van der Waals surface area contributed by atoms with E-state index >= 15 is 0 Å². The van der Waals surface area contributed by atoms with Crippen LogP contribution in [0.5, 0.6) is 0 Å². The summed E-state index contributed by atoms with van der Waals surface area (Å²) in [5, 5.41) is 0. The number of hydrogen-bond acceptors (Lipinski definition) is 6. The molecule has 338 valence electrons. The average molecular weight is 815 g/mol. The summed E-state index contributed by atoms with van der Waals surface area (Å²) in [5.41, 5.74) is 0. The topological polar surface area (TPSA) is 78.9 Å². The van der Waals surface area contributed by atoms with Crippen LogP contribution in [0.2, 0.25) is 0 Å². The maximum atomic E-state index is 12.8. The summed E-state index contributed by atoms with van der Waals surface area (Å²) in [6.07, 6.45) is 54.0. The first kappa shape index (κ1) is 55.6. The third-order valence-electron chi connectivity index (χ3n) is 10.9. The number of carbonyl (C=O) groups excluding carboxylic acids is 3. The first-order chi connectivity index (χ1) is 28.5. The predicted octanol–water partition coefficient (Wildman–Crippen LogP) is 16.1. The van der Waals surface area contributed by atoms with Crippen molar-refractivity contribution in [2.75, 3.05) is 13.2 Å². The lowest BCUT2D eigenvalue weighted by Gasteiger charge is -2.18. The molecule has 0 aromatic heterocycles. The van der Waals surface area contributed by atoms with Gasteiger partial charge in [-0.05, 0) is 70.6 Å². The highest BCUT2D eigenvalue weighted by Crippen LogP contribution is 2.15. The Labute approximate surface area is 359 Å². The Morgan fingerprint density at radius 1 is 0.345 bits per heavy atom. The zero-order valence-electron chi connectivity index (χ0n) is 38.6. The number of unbranched alkanes of at least 4 members (excludes halogenated alkanes) is 29. The molecule has 0 bridgehead atoms. The molecule has 6 heteroatoms. The van der Waals surface area contributed by atoms with E-state index in [9.17, 15) is 14.4 Å². The van der Waals surface area contributed by atoms with E-state index in [1.54, 1.807) is 0 Å². The fraction of sp³-hybridized carbons (Fsp3) is 0.827. The molecule has 0 radical (unpaired) electrons. The Kier molecular flexibility index (Phi) is 45.4. The van der Waals surface area contributed by atoms with Crippen LogP contribution in [0.4, 0.5) is 0 Å². The van der Waals surface area contributed by atoms with Crippen molar-refractivity contribution in [3.05, 3.63) is 36.5 Å². The van der Waals surface area contributed by atoms with Crippen molar-refractivity contribution < 1.29 is 28.6 Å². The number of hydrogen-bond donors (Lipinski definition) is 0. The Hall–Kier alpha value is -2.37. The summed E-state index contributed by atoms with van der Waals surface area (Å²) < 4.78 is 16.8. The van der Waals surface area contributed by atoms with Crippen LogP contribution in [0.15, 0.2) is 36.5 Å². The van der Waals surface area contributed by atoms with E-state index in [0.29, 0.717) is 19.3 Å². The second kappa shape index (κ2) is 47.3. The fourth-order valence-corrected chi connectivity index (χ4v) is 7.07. The van der Waals surface area contributed by atoms with Crippen molar-refractivity contribution in [1.82, 2.24) is 0 Å². The van der Waals surface area contributed by atoms with E-state index in [-0.39, 0.29) is 31.1 Å². The molecule has 0 heterocycles. The highest BCUT2D eigenvalue weighted by atomic mass is 16.6. The van der Waals surface area contributed by atoms with Crippen LogP contribution in [-0.4, -0.2) is 37.2 Å². The Morgan fingerprint density at radius 2 is 0.621 bits per heavy atom. The largest absolute Gasteiger partial charge is 0.462 e. The van der Waals surface area contributed by atoms with Gasteiger partial charge in [0.1, 0.15) is 13.2 Å². The van der Waals surface area contributed by atoms with Gasteiger partial charge >= 0.3 is 17.9 Å². The van der Waals surface area contributed by atoms with E-state index in [1.807, 2.05) is 0 Å². The molecule has 0 aliphatic heterocycles. The van der Waals surface area contributed by atoms with Crippen LogP contribution in [0.25, 0.3) is 0 Å². The van der Waals surface area contributed by atoms with E-state index in [2.05, 4.69) is 57.2 Å². The molecular weight excluding hydrogens is 721 g/mol. The molecule has 0 aromatic carbocycles. The van der Waals surface area contributed by atoms with Crippen LogP contribution in [0.3, 0.4) is 0 Å². The molecule has 0 aliphatic rings. The average Bonchev–Trinajstić information content (AvgIpc) is 3.22. The maximum absolute atomic E-state index is 12.8. The summed E-state index contributed by atoms with van der Waals surface area (Å²) in [5.74, 6) is -0.886. The van der Waals surface area contributed by atoms with Gasteiger partial charge < -0.3 is 14.2 Å². The minimum Gasteiger partial charge on any atom is -0.462 e. The Morgan fingerprint density at radius 3 is 1.02 bits per heavy atom. The Balaban J connectivity index is 4.36. The fourth-order valence-electron chi connectivity index (χ4n) is 7.07. The van der Waals surface area contributed by atoms with Crippen LogP contribution < -0.4 is 0 Å². The van der Waals surface area contributed by atoms with Crippen molar-refractivity contribution in [1.29, 1.82) is 0 Å².